The van der Waals surface area contributed by atoms with Crippen molar-refractivity contribution in [2.24, 2.45) is 0 Å². The van der Waals surface area contributed by atoms with Crippen LogP contribution in [0.3, 0.4) is 0 Å². The van der Waals surface area contributed by atoms with E-state index in [2.05, 4.69) is 6.92 Å². The van der Waals surface area contributed by atoms with Gasteiger partial charge in [0.25, 0.3) is 0 Å². The van der Waals surface area contributed by atoms with Crippen LogP contribution in [0.15, 0.2) is 82.7 Å². The zero-order chi connectivity index (χ0) is 24.3. The number of fused-ring (bicyclic) bond motifs is 1. The summed E-state index contributed by atoms with van der Waals surface area (Å²) in [5.74, 6) is -0.610. The van der Waals surface area contributed by atoms with Crippen LogP contribution in [-0.4, -0.2) is 20.8 Å². The molecule has 0 aliphatic carbocycles. The van der Waals surface area contributed by atoms with Gasteiger partial charge in [-0.2, -0.15) is 0 Å². The molecule has 7 heteroatoms. The Labute approximate surface area is 199 Å². The number of hydrogen-bond donors (Lipinski definition) is 0. The van der Waals surface area contributed by atoms with Crippen molar-refractivity contribution in [1.82, 2.24) is 0 Å². The zero-order valence-electron chi connectivity index (χ0n) is 19.1. The lowest BCUT2D eigenvalue weighted by molar-refractivity contribution is 0.104. The molecule has 0 aromatic heterocycles. The highest BCUT2D eigenvalue weighted by atomic mass is 32.2. The number of carbonyl (C=O) groups excluding carboxylic acids is 1. The summed E-state index contributed by atoms with van der Waals surface area (Å²) in [7, 11) is -4.16. The molecule has 0 fully saturated rings. The number of ketones is 1. The molecule has 3 aromatic rings. The van der Waals surface area contributed by atoms with Gasteiger partial charge in [-0.25, -0.2) is 12.8 Å². The third kappa shape index (κ3) is 4.61. The number of Topliss-reactive ketones (excluding diaryl/α,β-unsaturated/α-hetero) is 1. The summed E-state index contributed by atoms with van der Waals surface area (Å²) in [6.07, 6.45) is 4.37. The standard InChI is InChI=1S/C27H26FNO4S/c1-3-5-6-19-7-12-22(13-8-19)29-18-26(27(30)20-9-14-23(15-10-20)33-4-2)34(31,32)25-16-11-21(28)17-24(25)29/h7-18H,3-6H2,1-2H3. The van der Waals surface area contributed by atoms with E-state index in [9.17, 15) is 17.6 Å². The van der Waals surface area contributed by atoms with Gasteiger partial charge in [0.05, 0.1) is 17.2 Å². The first-order valence-corrected chi connectivity index (χ1v) is 12.8. The van der Waals surface area contributed by atoms with Crippen molar-refractivity contribution in [3.8, 4) is 5.75 Å². The number of unbranched alkanes of at least 4 members (excludes halogenated alkanes) is 1. The number of aryl methyl sites for hydroxylation is 1. The Kier molecular flexibility index (Phi) is 6.84. The Balaban J connectivity index is 1.79. The van der Waals surface area contributed by atoms with E-state index in [-0.39, 0.29) is 21.1 Å². The molecule has 0 atom stereocenters. The summed E-state index contributed by atoms with van der Waals surface area (Å²) in [4.78, 5) is 14.4. The molecule has 0 spiro atoms. The first kappa shape index (κ1) is 23.7. The number of rotatable bonds is 8. The molecule has 176 valence electrons. The first-order valence-electron chi connectivity index (χ1n) is 11.3. The monoisotopic (exact) mass is 479 g/mol. The van der Waals surface area contributed by atoms with Crippen molar-refractivity contribution in [3.63, 3.8) is 0 Å². The van der Waals surface area contributed by atoms with Gasteiger partial charge in [-0.3, -0.25) is 4.79 Å². The molecular weight excluding hydrogens is 453 g/mol. The second-order valence-electron chi connectivity index (χ2n) is 8.04. The summed E-state index contributed by atoms with van der Waals surface area (Å²) in [5.41, 5.74) is 2.19. The number of carbonyl (C=O) groups is 1. The van der Waals surface area contributed by atoms with Gasteiger partial charge in [-0.15, -0.1) is 0 Å². The van der Waals surface area contributed by atoms with E-state index in [1.165, 1.54) is 30.5 Å². The van der Waals surface area contributed by atoms with Crippen molar-refractivity contribution in [1.29, 1.82) is 0 Å². The second kappa shape index (κ2) is 9.81. The van der Waals surface area contributed by atoms with Gasteiger partial charge in [0, 0.05) is 17.5 Å². The Morgan fingerprint density at radius 1 is 0.971 bits per heavy atom. The minimum Gasteiger partial charge on any atom is -0.494 e. The quantitative estimate of drug-likeness (QED) is 0.284. The molecule has 3 aromatic carbocycles. The molecule has 1 aliphatic heterocycles. The van der Waals surface area contributed by atoms with Crippen molar-refractivity contribution in [2.45, 2.75) is 38.0 Å². The molecule has 5 nitrogen and oxygen atoms in total. The van der Waals surface area contributed by atoms with E-state index < -0.39 is 21.4 Å². The largest absolute Gasteiger partial charge is 0.494 e. The molecule has 1 heterocycles. The van der Waals surface area contributed by atoms with E-state index in [1.807, 2.05) is 31.2 Å². The topological polar surface area (TPSA) is 63.7 Å². The van der Waals surface area contributed by atoms with Crippen LogP contribution in [0.4, 0.5) is 15.8 Å². The number of halogens is 1. The van der Waals surface area contributed by atoms with E-state index in [1.54, 1.807) is 17.0 Å². The summed E-state index contributed by atoms with van der Waals surface area (Å²) in [6, 6.07) is 17.4. The smallest absolute Gasteiger partial charge is 0.214 e. The van der Waals surface area contributed by atoms with Crippen molar-refractivity contribution in [3.05, 3.63) is 94.8 Å². The molecule has 34 heavy (non-hydrogen) atoms. The molecule has 0 amide bonds. The van der Waals surface area contributed by atoms with Crippen LogP contribution in [-0.2, 0) is 16.3 Å². The summed E-state index contributed by atoms with van der Waals surface area (Å²) >= 11 is 0. The van der Waals surface area contributed by atoms with Gasteiger partial charge >= 0.3 is 0 Å². The number of allylic oxidation sites excluding steroid dienone is 1. The van der Waals surface area contributed by atoms with Crippen molar-refractivity contribution in [2.75, 3.05) is 11.5 Å². The van der Waals surface area contributed by atoms with E-state index in [0.29, 0.717) is 18.0 Å². The second-order valence-corrected chi connectivity index (χ2v) is 9.92. The normalized spacial score (nSPS) is 14.3. The van der Waals surface area contributed by atoms with Crippen LogP contribution in [0.5, 0.6) is 5.75 Å². The highest BCUT2D eigenvalue weighted by Gasteiger charge is 2.36. The zero-order valence-corrected chi connectivity index (χ0v) is 19.9. The van der Waals surface area contributed by atoms with Crippen LogP contribution in [0.1, 0.15) is 42.6 Å². The van der Waals surface area contributed by atoms with Crippen molar-refractivity contribution < 1.29 is 22.3 Å². The van der Waals surface area contributed by atoms with Crippen LogP contribution < -0.4 is 9.64 Å². The SMILES string of the molecule is CCCCc1ccc(N2C=C(C(=O)c3ccc(OCC)cc3)S(=O)(=O)c3ccc(F)cc32)cc1. The molecule has 1 aliphatic rings. The summed E-state index contributed by atoms with van der Waals surface area (Å²) in [6.45, 7) is 4.46. The molecule has 0 saturated heterocycles. The van der Waals surface area contributed by atoms with Gasteiger partial charge in [0.2, 0.25) is 15.6 Å². The van der Waals surface area contributed by atoms with Crippen LogP contribution in [0.2, 0.25) is 0 Å². The number of hydrogen-bond acceptors (Lipinski definition) is 5. The van der Waals surface area contributed by atoms with Crippen LogP contribution >= 0.6 is 0 Å². The fourth-order valence-electron chi connectivity index (χ4n) is 3.89. The Bertz CT molecular complexity index is 1330. The van der Waals surface area contributed by atoms with Gasteiger partial charge in [-0.1, -0.05) is 25.5 Å². The molecule has 0 bridgehead atoms. The highest BCUT2D eigenvalue weighted by Crippen LogP contribution is 2.41. The van der Waals surface area contributed by atoms with E-state index in [0.717, 1.165) is 30.9 Å². The van der Waals surface area contributed by atoms with Crippen molar-refractivity contribution >= 4 is 27.0 Å². The first-order chi connectivity index (χ1) is 16.3. The fourth-order valence-corrected chi connectivity index (χ4v) is 5.41. The minimum absolute atomic E-state index is 0.110. The van der Waals surface area contributed by atoms with Crippen LogP contribution in [0, 0.1) is 5.82 Å². The summed E-state index contributed by atoms with van der Waals surface area (Å²) in [5, 5.41) is 0. The lowest BCUT2D eigenvalue weighted by Gasteiger charge is -2.29. The molecule has 0 saturated carbocycles. The predicted molar refractivity (Wildman–Crippen MR) is 131 cm³/mol. The maximum Gasteiger partial charge on any atom is 0.214 e. The number of anilines is 2. The fraction of sp³-hybridized carbons (Fsp3) is 0.222. The molecule has 0 N–H and O–H groups in total. The average molecular weight is 480 g/mol. The van der Waals surface area contributed by atoms with Crippen LogP contribution in [0.25, 0.3) is 0 Å². The third-order valence-electron chi connectivity index (χ3n) is 5.69. The van der Waals surface area contributed by atoms with Gasteiger partial charge < -0.3 is 9.64 Å². The molecule has 4 rings (SSSR count). The van der Waals surface area contributed by atoms with E-state index in [4.69, 9.17) is 4.74 Å². The maximum absolute atomic E-state index is 14.1. The number of ether oxygens (including phenoxy) is 1. The lowest BCUT2D eigenvalue weighted by atomic mass is 10.1. The Morgan fingerprint density at radius 2 is 1.68 bits per heavy atom. The lowest BCUT2D eigenvalue weighted by Crippen LogP contribution is -2.26. The maximum atomic E-state index is 14.1. The summed E-state index contributed by atoms with van der Waals surface area (Å²) < 4.78 is 46.3. The minimum atomic E-state index is -4.16. The van der Waals surface area contributed by atoms with Gasteiger partial charge in [0.15, 0.2) is 0 Å². The number of sulfone groups is 1. The highest BCUT2D eigenvalue weighted by molar-refractivity contribution is 7.96. The molecular formula is C27H26FNO4S. The number of benzene rings is 3. The number of nitrogens with zero attached hydrogens (tertiary/aromatic N) is 1. The predicted octanol–water partition coefficient (Wildman–Crippen LogP) is 6.22. The van der Waals surface area contributed by atoms with Gasteiger partial charge in [-0.05, 0) is 79.9 Å². The average Bonchev–Trinajstić information content (AvgIpc) is 2.83. The van der Waals surface area contributed by atoms with Gasteiger partial charge in [0.1, 0.15) is 16.5 Å². The van der Waals surface area contributed by atoms with E-state index >= 15 is 0 Å². The molecule has 0 radical (unpaired) electrons. The Morgan fingerprint density at radius 3 is 2.32 bits per heavy atom. The molecule has 0 unspecified atom stereocenters. The Hall–Kier alpha value is -3.45. The third-order valence-corrected chi connectivity index (χ3v) is 7.48.